The van der Waals surface area contributed by atoms with Crippen molar-refractivity contribution in [3.63, 3.8) is 0 Å². The number of fused-ring (bicyclic) bond motifs is 1. The standard InChI is InChI=1S/C22H25N7O5/c1-11(2)18(32)15(7-8-16(30)31)27-20(33)12-3-5-13(6-4-12)24-9-14-10-25-19-17(26-14)21(34)29-22(23)28-19/h3-6,10-11,15,24H,7-9H2,1-2H3,(H,27,33)(H,30,31)(H3,23,25,28,29,34)/t15-/m0/s1. The van der Waals surface area contributed by atoms with Gasteiger partial charge in [0.25, 0.3) is 11.5 Å². The molecule has 3 aromatic rings. The van der Waals surface area contributed by atoms with E-state index in [0.717, 1.165) is 0 Å². The summed E-state index contributed by atoms with van der Waals surface area (Å²) < 4.78 is 0. The summed E-state index contributed by atoms with van der Waals surface area (Å²) >= 11 is 0. The lowest BCUT2D eigenvalue weighted by atomic mass is 9.97. The fourth-order valence-corrected chi connectivity index (χ4v) is 3.19. The van der Waals surface area contributed by atoms with Crippen LogP contribution in [0.3, 0.4) is 0 Å². The number of nitrogen functional groups attached to an aromatic ring is 1. The zero-order valence-electron chi connectivity index (χ0n) is 18.7. The molecule has 1 atom stereocenters. The Kier molecular flexibility index (Phi) is 7.51. The maximum absolute atomic E-state index is 12.6. The highest BCUT2D eigenvalue weighted by atomic mass is 16.4. The number of carbonyl (C=O) groups is 3. The SMILES string of the molecule is CC(C)C(=O)[C@H](CCC(=O)O)NC(=O)c1ccc(NCc2cnc3nc(N)[nH]c(=O)c3n2)cc1. The molecule has 0 fully saturated rings. The van der Waals surface area contributed by atoms with E-state index >= 15 is 0 Å². The van der Waals surface area contributed by atoms with E-state index in [1.165, 1.54) is 6.20 Å². The van der Waals surface area contributed by atoms with E-state index in [1.807, 2.05) is 0 Å². The largest absolute Gasteiger partial charge is 0.481 e. The van der Waals surface area contributed by atoms with Gasteiger partial charge in [-0.1, -0.05) is 13.8 Å². The van der Waals surface area contributed by atoms with E-state index < -0.39 is 23.5 Å². The van der Waals surface area contributed by atoms with E-state index in [1.54, 1.807) is 38.1 Å². The van der Waals surface area contributed by atoms with Crippen LogP contribution in [0.5, 0.6) is 0 Å². The average molecular weight is 467 g/mol. The summed E-state index contributed by atoms with van der Waals surface area (Å²) in [6.07, 6.45) is 1.28. The van der Waals surface area contributed by atoms with Gasteiger partial charge in [0.05, 0.1) is 24.5 Å². The number of hydrogen-bond acceptors (Lipinski definition) is 9. The number of hydrogen-bond donors (Lipinski definition) is 5. The first-order valence-electron chi connectivity index (χ1n) is 10.6. The van der Waals surface area contributed by atoms with Gasteiger partial charge in [-0.2, -0.15) is 4.98 Å². The number of rotatable bonds is 10. The lowest BCUT2D eigenvalue weighted by molar-refractivity contribution is -0.137. The lowest BCUT2D eigenvalue weighted by Crippen LogP contribution is -2.43. The molecule has 12 heteroatoms. The fourth-order valence-electron chi connectivity index (χ4n) is 3.19. The molecule has 0 spiro atoms. The molecule has 1 aromatic carbocycles. The van der Waals surface area contributed by atoms with Crippen LogP contribution in [0.4, 0.5) is 11.6 Å². The first-order valence-corrected chi connectivity index (χ1v) is 10.6. The maximum atomic E-state index is 12.6. The van der Waals surface area contributed by atoms with Crippen molar-refractivity contribution in [2.75, 3.05) is 11.1 Å². The van der Waals surface area contributed by atoms with Gasteiger partial charge < -0.3 is 21.5 Å². The van der Waals surface area contributed by atoms with Crippen molar-refractivity contribution in [1.82, 2.24) is 25.3 Å². The predicted molar refractivity (Wildman–Crippen MR) is 124 cm³/mol. The van der Waals surface area contributed by atoms with Crippen LogP contribution in [0, 0.1) is 5.92 Å². The van der Waals surface area contributed by atoms with Crippen molar-refractivity contribution in [3.8, 4) is 0 Å². The second-order valence-corrected chi connectivity index (χ2v) is 7.93. The quantitative estimate of drug-likeness (QED) is 0.288. The molecule has 2 aromatic heterocycles. The van der Waals surface area contributed by atoms with Crippen LogP contribution in [0.2, 0.25) is 0 Å². The molecule has 0 aliphatic carbocycles. The summed E-state index contributed by atoms with van der Waals surface area (Å²) in [6, 6.07) is 5.63. The van der Waals surface area contributed by atoms with E-state index in [4.69, 9.17) is 10.8 Å². The predicted octanol–water partition coefficient (Wildman–Crippen LogP) is 1.10. The molecule has 2 heterocycles. The smallest absolute Gasteiger partial charge is 0.303 e. The number of nitrogens with zero attached hydrogens (tertiary/aromatic N) is 3. The van der Waals surface area contributed by atoms with Gasteiger partial charge in [0.15, 0.2) is 16.9 Å². The third-order valence-electron chi connectivity index (χ3n) is 4.97. The highest BCUT2D eigenvalue weighted by Gasteiger charge is 2.24. The zero-order valence-corrected chi connectivity index (χ0v) is 18.7. The monoisotopic (exact) mass is 467 g/mol. The van der Waals surface area contributed by atoms with E-state index in [9.17, 15) is 19.2 Å². The first-order chi connectivity index (χ1) is 16.1. The lowest BCUT2D eigenvalue weighted by Gasteiger charge is -2.19. The summed E-state index contributed by atoms with van der Waals surface area (Å²) in [6.45, 7) is 3.66. The molecule has 34 heavy (non-hydrogen) atoms. The molecular formula is C22H25N7O5. The van der Waals surface area contributed by atoms with Crippen molar-refractivity contribution in [2.24, 2.45) is 5.92 Å². The summed E-state index contributed by atoms with van der Waals surface area (Å²) in [4.78, 5) is 62.5. The zero-order chi connectivity index (χ0) is 24.8. The molecule has 6 N–H and O–H groups in total. The summed E-state index contributed by atoms with van der Waals surface area (Å²) in [5.41, 5.74) is 6.75. The van der Waals surface area contributed by atoms with Crippen LogP contribution in [0.15, 0.2) is 35.3 Å². The second kappa shape index (κ2) is 10.5. The third-order valence-corrected chi connectivity index (χ3v) is 4.97. The van der Waals surface area contributed by atoms with Gasteiger partial charge in [-0.3, -0.25) is 24.2 Å². The Labute approximate surface area is 194 Å². The Balaban J connectivity index is 1.64. The number of Topliss-reactive ketones (excluding diaryl/α,β-unsaturated/α-hetero) is 1. The van der Waals surface area contributed by atoms with Gasteiger partial charge in [-0.05, 0) is 30.7 Å². The van der Waals surface area contributed by atoms with E-state index in [-0.39, 0.29) is 48.2 Å². The molecule has 0 aliphatic rings. The number of H-pyrrole nitrogens is 1. The van der Waals surface area contributed by atoms with Crippen LogP contribution in [0.25, 0.3) is 11.2 Å². The number of carbonyl (C=O) groups excluding carboxylic acids is 2. The number of nitrogens with one attached hydrogen (secondary N) is 3. The molecule has 0 unspecified atom stereocenters. The van der Waals surface area contributed by atoms with Crippen LogP contribution < -0.4 is 21.9 Å². The first kappa shape index (κ1) is 24.3. The minimum atomic E-state index is -1.03. The summed E-state index contributed by atoms with van der Waals surface area (Å²) in [5, 5.41) is 14.7. The fraction of sp³-hybridized carbons (Fsp3) is 0.318. The molecule has 0 saturated heterocycles. The number of carboxylic acid groups (broad SMARTS) is 1. The molecule has 0 bridgehead atoms. The van der Waals surface area contributed by atoms with Gasteiger partial charge in [0.1, 0.15) is 0 Å². The number of nitrogens with two attached hydrogens (primary N) is 1. The van der Waals surface area contributed by atoms with Crippen molar-refractivity contribution >= 4 is 40.5 Å². The number of aliphatic carboxylic acids is 1. The Morgan fingerprint density at radius 1 is 1.15 bits per heavy atom. The molecule has 0 aliphatic heterocycles. The van der Waals surface area contributed by atoms with Gasteiger partial charge >= 0.3 is 5.97 Å². The van der Waals surface area contributed by atoms with Crippen LogP contribution in [0.1, 0.15) is 42.7 Å². The Hall–Kier alpha value is -4.35. The molecule has 1 amide bonds. The van der Waals surface area contributed by atoms with Gasteiger partial charge in [0, 0.05) is 23.6 Å². The topological polar surface area (TPSA) is 193 Å². The molecule has 3 rings (SSSR count). The highest BCUT2D eigenvalue weighted by Crippen LogP contribution is 2.13. The summed E-state index contributed by atoms with van der Waals surface area (Å²) in [7, 11) is 0. The number of anilines is 2. The van der Waals surface area contributed by atoms with E-state index in [2.05, 4.69) is 30.6 Å². The molecule has 0 saturated carbocycles. The maximum Gasteiger partial charge on any atom is 0.303 e. The molecule has 178 valence electrons. The minimum absolute atomic E-state index is 0.0233. The van der Waals surface area contributed by atoms with E-state index in [0.29, 0.717) is 16.9 Å². The number of benzene rings is 1. The van der Waals surface area contributed by atoms with Gasteiger partial charge in [-0.15, -0.1) is 0 Å². The number of aromatic nitrogens is 4. The second-order valence-electron chi connectivity index (χ2n) is 7.93. The Morgan fingerprint density at radius 2 is 1.85 bits per heavy atom. The number of carboxylic acids is 1. The average Bonchev–Trinajstić information content (AvgIpc) is 2.80. The molecular weight excluding hydrogens is 442 g/mol. The minimum Gasteiger partial charge on any atom is -0.481 e. The van der Waals surface area contributed by atoms with Crippen LogP contribution in [-0.2, 0) is 16.1 Å². The number of ketones is 1. The molecule has 12 nitrogen and oxygen atoms in total. The van der Waals surface area contributed by atoms with Crippen LogP contribution in [-0.4, -0.2) is 48.7 Å². The summed E-state index contributed by atoms with van der Waals surface area (Å²) in [5.74, 6) is -2.10. The Morgan fingerprint density at radius 3 is 2.50 bits per heavy atom. The molecule has 0 radical (unpaired) electrons. The van der Waals surface area contributed by atoms with Crippen molar-refractivity contribution < 1.29 is 19.5 Å². The van der Waals surface area contributed by atoms with Crippen LogP contribution >= 0.6 is 0 Å². The van der Waals surface area contributed by atoms with Crippen molar-refractivity contribution in [3.05, 3.63) is 52.1 Å². The van der Waals surface area contributed by atoms with Gasteiger partial charge in [-0.25, -0.2) is 9.97 Å². The van der Waals surface area contributed by atoms with Crippen molar-refractivity contribution in [1.29, 1.82) is 0 Å². The van der Waals surface area contributed by atoms with Gasteiger partial charge in [0.2, 0.25) is 5.95 Å². The van der Waals surface area contributed by atoms with Crippen molar-refractivity contribution in [2.45, 2.75) is 39.3 Å². The Bertz CT molecular complexity index is 1270. The number of amides is 1. The number of aromatic amines is 1. The third kappa shape index (κ3) is 6.12. The highest BCUT2D eigenvalue weighted by molar-refractivity contribution is 5.98. The normalized spacial score (nSPS) is 11.9.